The molecule has 0 aromatic carbocycles. The molecule has 0 aliphatic heterocycles. The standard InChI is InChI=1S/C6H14SSi2/c1-3-5-8-7-9-6-4-2/h3-4H,1-2,5-6,8-9H2. The van der Waals surface area contributed by atoms with Crippen molar-refractivity contribution in [1.82, 2.24) is 0 Å². The van der Waals surface area contributed by atoms with Crippen molar-refractivity contribution in [3.8, 4) is 0 Å². The van der Waals surface area contributed by atoms with Crippen LogP contribution in [0.4, 0.5) is 0 Å². The number of rotatable bonds is 6. The fraction of sp³-hybridized carbons (Fsp3) is 0.333. The Morgan fingerprint density at radius 3 is 1.89 bits per heavy atom. The highest BCUT2D eigenvalue weighted by Gasteiger charge is 1.84. The summed E-state index contributed by atoms with van der Waals surface area (Å²) in [5.41, 5.74) is 0. The molecule has 0 amide bonds. The van der Waals surface area contributed by atoms with Crippen molar-refractivity contribution < 1.29 is 0 Å². The molecule has 0 bridgehead atoms. The summed E-state index contributed by atoms with van der Waals surface area (Å²) in [7, 11) is 2.64. The highest BCUT2D eigenvalue weighted by Crippen LogP contribution is 1.99. The van der Waals surface area contributed by atoms with Gasteiger partial charge in [-0.15, -0.1) is 13.2 Å². The smallest absolute Gasteiger partial charge is 0.0809 e. The maximum atomic E-state index is 3.70. The lowest BCUT2D eigenvalue weighted by molar-refractivity contribution is 1.75. The van der Waals surface area contributed by atoms with Crippen molar-refractivity contribution >= 4 is 28.0 Å². The molecule has 0 aliphatic carbocycles. The van der Waals surface area contributed by atoms with E-state index in [4.69, 9.17) is 0 Å². The van der Waals surface area contributed by atoms with Gasteiger partial charge in [0.25, 0.3) is 0 Å². The van der Waals surface area contributed by atoms with Crippen LogP contribution in [0.2, 0.25) is 12.1 Å². The van der Waals surface area contributed by atoms with E-state index in [0.29, 0.717) is 0 Å². The molecule has 0 saturated carbocycles. The van der Waals surface area contributed by atoms with Gasteiger partial charge in [-0.2, -0.15) is 0 Å². The van der Waals surface area contributed by atoms with Crippen LogP contribution in [0, 0.1) is 0 Å². The molecule has 0 rings (SSSR count). The van der Waals surface area contributed by atoms with E-state index in [1.807, 2.05) is 12.2 Å². The van der Waals surface area contributed by atoms with E-state index < -0.39 is 0 Å². The molecule has 0 fully saturated rings. The third kappa shape index (κ3) is 8.26. The van der Waals surface area contributed by atoms with Gasteiger partial charge in [0.2, 0.25) is 0 Å². The molecule has 0 unspecified atom stereocenters. The van der Waals surface area contributed by atoms with Crippen molar-refractivity contribution in [2.24, 2.45) is 0 Å². The van der Waals surface area contributed by atoms with E-state index in [2.05, 4.69) is 23.8 Å². The van der Waals surface area contributed by atoms with Crippen LogP contribution < -0.4 is 0 Å². The molecule has 52 valence electrons. The van der Waals surface area contributed by atoms with E-state index in [-0.39, 0.29) is 17.3 Å². The minimum absolute atomic E-state index is 0.204. The lowest BCUT2D eigenvalue weighted by atomic mass is 10.8. The van der Waals surface area contributed by atoms with Crippen LogP contribution in [0.15, 0.2) is 25.3 Å². The summed E-state index contributed by atoms with van der Waals surface area (Å²) in [4.78, 5) is 0. The average molecular weight is 174 g/mol. The first-order chi connectivity index (χ1) is 4.41. The zero-order valence-corrected chi connectivity index (χ0v) is 9.45. The van der Waals surface area contributed by atoms with Crippen LogP contribution in [0.1, 0.15) is 0 Å². The zero-order chi connectivity index (χ0) is 6.95. The number of allylic oxidation sites excluding steroid dienone is 2. The van der Waals surface area contributed by atoms with Crippen LogP contribution in [0.5, 0.6) is 0 Å². The van der Waals surface area contributed by atoms with Gasteiger partial charge < -0.3 is 0 Å². The monoisotopic (exact) mass is 174 g/mol. The largest absolute Gasteiger partial charge is 0.221 e. The predicted molar refractivity (Wildman–Crippen MR) is 54.7 cm³/mol. The Kier molecular flexibility index (Phi) is 8.51. The molecule has 0 aliphatic rings. The highest BCUT2D eigenvalue weighted by molar-refractivity contribution is 8.40. The SMILES string of the molecule is C=CC[SiH2]S[SiH2]CC=C. The van der Waals surface area contributed by atoms with Gasteiger partial charge in [0.1, 0.15) is 0 Å². The molecule has 0 aromatic heterocycles. The number of hydrogen-bond acceptors (Lipinski definition) is 1. The van der Waals surface area contributed by atoms with E-state index in [1.54, 1.807) is 0 Å². The molecule has 0 nitrogen and oxygen atoms in total. The predicted octanol–water partition coefficient (Wildman–Crippen LogP) is 1.10. The first-order valence-electron chi connectivity index (χ1n) is 3.21. The molecule has 0 saturated heterocycles. The summed E-state index contributed by atoms with van der Waals surface area (Å²) in [5.74, 6) is 0. The summed E-state index contributed by atoms with van der Waals surface area (Å²) in [6, 6.07) is 2.60. The van der Waals surface area contributed by atoms with E-state index in [1.165, 1.54) is 12.1 Å². The van der Waals surface area contributed by atoms with Gasteiger partial charge in [-0.25, -0.2) is 10.7 Å². The van der Waals surface area contributed by atoms with Crippen molar-refractivity contribution in [2.45, 2.75) is 12.1 Å². The normalized spacial score (nSPS) is 11.6. The van der Waals surface area contributed by atoms with Gasteiger partial charge in [-0.05, 0) is 12.1 Å². The van der Waals surface area contributed by atoms with E-state index in [0.717, 1.165) is 0 Å². The molecule has 0 atom stereocenters. The summed E-state index contributed by atoms with van der Waals surface area (Å²) in [6.07, 6.45) is 4.09. The fourth-order valence-electron chi connectivity index (χ4n) is 0.435. The van der Waals surface area contributed by atoms with Gasteiger partial charge in [0.15, 0.2) is 0 Å². The molecular weight excluding hydrogens is 160 g/mol. The fourth-order valence-corrected chi connectivity index (χ4v) is 8.76. The van der Waals surface area contributed by atoms with E-state index >= 15 is 0 Å². The Morgan fingerprint density at radius 2 is 1.56 bits per heavy atom. The minimum atomic E-state index is 0.204. The first-order valence-corrected chi connectivity index (χ1v) is 9.83. The third-order valence-corrected chi connectivity index (χ3v) is 11.1. The van der Waals surface area contributed by atoms with Crippen molar-refractivity contribution in [3.63, 3.8) is 0 Å². The van der Waals surface area contributed by atoms with Crippen LogP contribution in [0.25, 0.3) is 0 Å². The van der Waals surface area contributed by atoms with Crippen molar-refractivity contribution in [1.29, 1.82) is 0 Å². The lowest BCUT2D eigenvalue weighted by Crippen LogP contribution is -1.85. The van der Waals surface area contributed by atoms with Crippen LogP contribution in [-0.2, 0) is 0 Å². The van der Waals surface area contributed by atoms with Crippen LogP contribution in [0.3, 0.4) is 0 Å². The maximum Gasteiger partial charge on any atom is 0.0809 e. The second-order valence-corrected chi connectivity index (χ2v) is 11.5. The Hall–Kier alpha value is 0.264. The summed E-state index contributed by atoms with van der Waals surface area (Å²) in [6.45, 7) is 7.39. The third-order valence-electron chi connectivity index (χ3n) is 0.933. The second kappa shape index (κ2) is 8.26. The molecule has 0 spiro atoms. The van der Waals surface area contributed by atoms with Gasteiger partial charge in [-0.3, -0.25) is 0 Å². The quantitative estimate of drug-likeness (QED) is 0.330. The van der Waals surface area contributed by atoms with Gasteiger partial charge in [0.05, 0.1) is 17.3 Å². The highest BCUT2D eigenvalue weighted by atomic mass is 32.5. The molecule has 0 N–H and O–H groups in total. The van der Waals surface area contributed by atoms with Gasteiger partial charge >= 0.3 is 0 Å². The lowest BCUT2D eigenvalue weighted by Gasteiger charge is -1.91. The second-order valence-electron chi connectivity index (χ2n) is 1.77. The van der Waals surface area contributed by atoms with Crippen LogP contribution >= 0.6 is 10.7 Å². The zero-order valence-electron chi connectivity index (χ0n) is 5.81. The Labute approximate surface area is 65.7 Å². The molecule has 9 heavy (non-hydrogen) atoms. The van der Waals surface area contributed by atoms with Crippen molar-refractivity contribution in [2.75, 3.05) is 0 Å². The Bertz CT molecular complexity index is 73.1. The molecule has 0 heterocycles. The maximum absolute atomic E-state index is 3.70. The Morgan fingerprint density at radius 1 is 1.11 bits per heavy atom. The van der Waals surface area contributed by atoms with Crippen LogP contribution in [-0.4, -0.2) is 17.3 Å². The molecular formula is C6H14SSi2. The number of hydrogen-bond donors (Lipinski definition) is 0. The average Bonchev–Trinajstić information content (AvgIpc) is 1.89. The van der Waals surface area contributed by atoms with Gasteiger partial charge in [0, 0.05) is 0 Å². The topological polar surface area (TPSA) is 0 Å². The molecule has 0 radical (unpaired) electrons. The molecule has 0 aromatic rings. The minimum Gasteiger partial charge on any atom is -0.221 e. The first kappa shape index (κ1) is 9.26. The molecule has 3 heteroatoms. The summed E-state index contributed by atoms with van der Waals surface area (Å²) < 4.78 is 0. The van der Waals surface area contributed by atoms with E-state index in [9.17, 15) is 0 Å². The Balaban J connectivity index is 2.74. The summed E-state index contributed by atoms with van der Waals surface area (Å²) in [5, 5.41) is 0. The van der Waals surface area contributed by atoms with Gasteiger partial charge in [-0.1, -0.05) is 12.2 Å². The van der Waals surface area contributed by atoms with Crippen molar-refractivity contribution in [3.05, 3.63) is 25.3 Å². The summed E-state index contributed by atoms with van der Waals surface area (Å²) >= 11 is 0.